The predicted octanol–water partition coefficient (Wildman–Crippen LogP) is 6.26. The number of aromatic nitrogens is 3. The number of carboxylic acid groups (broad SMARTS) is 1. The van der Waals surface area contributed by atoms with Crippen LogP contribution in [-0.2, 0) is 12.0 Å². The van der Waals surface area contributed by atoms with Crippen LogP contribution in [-0.4, -0.2) is 25.8 Å². The van der Waals surface area contributed by atoms with Crippen LogP contribution in [0, 0.1) is 17.1 Å². The fourth-order valence-electron chi connectivity index (χ4n) is 4.78. The minimum absolute atomic E-state index is 0.206. The number of benzene rings is 3. The minimum atomic E-state index is -0.987. The third-order valence-electron chi connectivity index (χ3n) is 6.46. The molecule has 0 fully saturated rings. The van der Waals surface area contributed by atoms with Gasteiger partial charge >= 0.3 is 5.97 Å². The Morgan fingerprint density at radius 3 is 2.51 bits per heavy atom. The van der Waals surface area contributed by atoms with Crippen LogP contribution in [0.2, 0.25) is 0 Å². The molecule has 0 aliphatic rings. The summed E-state index contributed by atoms with van der Waals surface area (Å²) in [6.07, 6.45) is 2.05. The SMILES string of the molecule is CC(C)(CC#N)c1c(-c2ccc(C(=O)O)cc2)c2cc3[nH]ncc3cc2n1Cc1ccc(F)cc1. The van der Waals surface area contributed by atoms with Crippen molar-refractivity contribution < 1.29 is 14.3 Å². The van der Waals surface area contributed by atoms with Crippen molar-refractivity contribution in [2.75, 3.05) is 0 Å². The van der Waals surface area contributed by atoms with E-state index in [1.165, 1.54) is 12.1 Å². The third-order valence-corrected chi connectivity index (χ3v) is 6.46. The zero-order chi connectivity index (χ0) is 24.7. The molecule has 3 aromatic carbocycles. The standard InChI is InChI=1S/C28H23FN4O2/c1-28(2,11-12-30)26-25(18-5-7-19(8-6-18)27(34)35)22-14-23-20(15-31-32-23)13-24(22)33(26)16-17-3-9-21(29)10-4-17/h3-10,13-15H,11,16H2,1-2H3,(H,31,32)(H,34,35). The Hall–Kier alpha value is -4.44. The van der Waals surface area contributed by atoms with Crippen molar-refractivity contribution >= 4 is 27.8 Å². The molecule has 0 spiro atoms. The van der Waals surface area contributed by atoms with Crippen molar-refractivity contribution in [1.82, 2.24) is 14.8 Å². The first-order valence-electron chi connectivity index (χ1n) is 11.2. The van der Waals surface area contributed by atoms with Crippen molar-refractivity contribution in [2.45, 2.75) is 32.2 Å². The maximum atomic E-state index is 13.6. The molecular formula is C28H23FN4O2. The van der Waals surface area contributed by atoms with E-state index in [4.69, 9.17) is 0 Å². The number of aromatic carboxylic acids is 1. The van der Waals surface area contributed by atoms with Gasteiger partial charge in [0.1, 0.15) is 5.82 Å². The molecule has 0 amide bonds. The maximum absolute atomic E-state index is 13.6. The average Bonchev–Trinajstić information content (AvgIpc) is 3.41. The van der Waals surface area contributed by atoms with E-state index in [1.807, 2.05) is 32.0 Å². The van der Waals surface area contributed by atoms with Gasteiger partial charge in [0.15, 0.2) is 0 Å². The molecule has 0 aliphatic carbocycles. The molecular weight excluding hydrogens is 443 g/mol. The summed E-state index contributed by atoms with van der Waals surface area (Å²) in [5.74, 6) is -1.28. The lowest BCUT2D eigenvalue weighted by Gasteiger charge is -2.26. The van der Waals surface area contributed by atoms with Crippen LogP contribution >= 0.6 is 0 Å². The largest absolute Gasteiger partial charge is 0.478 e. The van der Waals surface area contributed by atoms with Gasteiger partial charge in [0.25, 0.3) is 0 Å². The molecule has 7 heteroatoms. The summed E-state index contributed by atoms with van der Waals surface area (Å²) in [5, 5.41) is 28.2. The highest BCUT2D eigenvalue weighted by atomic mass is 19.1. The average molecular weight is 467 g/mol. The van der Waals surface area contributed by atoms with Gasteiger partial charge in [-0.2, -0.15) is 10.4 Å². The zero-order valence-electron chi connectivity index (χ0n) is 19.3. The third kappa shape index (κ3) is 3.93. The van der Waals surface area contributed by atoms with E-state index in [0.29, 0.717) is 6.54 Å². The highest BCUT2D eigenvalue weighted by Gasteiger charge is 2.31. The predicted molar refractivity (Wildman–Crippen MR) is 133 cm³/mol. The Labute approximate surface area is 201 Å². The number of halogens is 1. The summed E-state index contributed by atoms with van der Waals surface area (Å²) in [4.78, 5) is 11.4. The lowest BCUT2D eigenvalue weighted by Crippen LogP contribution is -2.22. The van der Waals surface area contributed by atoms with E-state index < -0.39 is 11.4 Å². The topological polar surface area (TPSA) is 94.7 Å². The van der Waals surface area contributed by atoms with Gasteiger partial charge < -0.3 is 9.67 Å². The Bertz CT molecular complexity index is 1600. The highest BCUT2D eigenvalue weighted by molar-refractivity contribution is 6.05. The number of H-pyrrole nitrogens is 1. The molecule has 35 heavy (non-hydrogen) atoms. The van der Waals surface area contributed by atoms with Gasteiger partial charge in [0, 0.05) is 40.4 Å². The summed E-state index contributed by atoms with van der Waals surface area (Å²) in [7, 11) is 0. The molecule has 0 saturated heterocycles. The van der Waals surface area contributed by atoms with Crippen LogP contribution in [0.5, 0.6) is 0 Å². The summed E-state index contributed by atoms with van der Waals surface area (Å²) >= 11 is 0. The monoisotopic (exact) mass is 466 g/mol. The lowest BCUT2D eigenvalue weighted by atomic mass is 9.81. The molecule has 0 saturated carbocycles. The molecule has 5 rings (SSSR count). The molecule has 0 bridgehead atoms. The normalized spacial score (nSPS) is 11.7. The smallest absolute Gasteiger partial charge is 0.335 e. The second-order valence-electron chi connectivity index (χ2n) is 9.36. The Morgan fingerprint density at radius 2 is 1.86 bits per heavy atom. The number of carbonyl (C=O) groups is 1. The second kappa shape index (κ2) is 8.41. The molecule has 5 aromatic rings. The number of aromatic amines is 1. The van der Waals surface area contributed by atoms with Crippen molar-refractivity contribution in [3.05, 3.63) is 89.5 Å². The Balaban J connectivity index is 1.86. The number of nitrogens with one attached hydrogen (secondary N) is 1. The Morgan fingerprint density at radius 1 is 1.14 bits per heavy atom. The lowest BCUT2D eigenvalue weighted by molar-refractivity contribution is 0.0697. The fourth-order valence-corrected chi connectivity index (χ4v) is 4.78. The van der Waals surface area contributed by atoms with Gasteiger partial charge in [0.2, 0.25) is 0 Å². The summed E-state index contributed by atoms with van der Waals surface area (Å²) in [6.45, 7) is 4.56. The number of nitriles is 1. The number of rotatable bonds is 6. The van der Waals surface area contributed by atoms with Gasteiger partial charge in [-0.15, -0.1) is 0 Å². The van der Waals surface area contributed by atoms with E-state index in [9.17, 15) is 19.6 Å². The van der Waals surface area contributed by atoms with Crippen LogP contribution < -0.4 is 0 Å². The van der Waals surface area contributed by atoms with Crippen LogP contribution in [0.15, 0.2) is 66.9 Å². The highest BCUT2D eigenvalue weighted by Crippen LogP contribution is 2.44. The van der Waals surface area contributed by atoms with Gasteiger partial charge in [-0.3, -0.25) is 5.10 Å². The Kier molecular flexibility index (Phi) is 5.37. The zero-order valence-corrected chi connectivity index (χ0v) is 19.3. The van der Waals surface area contributed by atoms with Crippen LogP contribution in [0.3, 0.4) is 0 Å². The van der Waals surface area contributed by atoms with Gasteiger partial charge in [-0.05, 0) is 47.5 Å². The van der Waals surface area contributed by atoms with Crippen molar-refractivity contribution in [1.29, 1.82) is 5.26 Å². The van der Waals surface area contributed by atoms with E-state index >= 15 is 0 Å². The summed E-state index contributed by atoms with van der Waals surface area (Å²) in [5.41, 5.74) is 5.21. The molecule has 2 aromatic heterocycles. The molecule has 2 N–H and O–H groups in total. The minimum Gasteiger partial charge on any atom is -0.478 e. The first-order chi connectivity index (χ1) is 16.8. The van der Waals surface area contributed by atoms with Gasteiger partial charge in [-0.25, -0.2) is 9.18 Å². The van der Waals surface area contributed by atoms with Crippen LogP contribution in [0.4, 0.5) is 4.39 Å². The quantitative estimate of drug-likeness (QED) is 0.309. The molecule has 0 aliphatic heterocycles. The van der Waals surface area contributed by atoms with Crippen LogP contribution in [0.1, 0.15) is 41.9 Å². The van der Waals surface area contributed by atoms with Crippen molar-refractivity contribution in [2.24, 2.45) is 0 Å². The van der Waals surface area contributed by atoms with E-state index in [2.05, 4.69) is 26.9 Å². The fraction of sp³-hybridized carbons (Fsp3) is 0.179. The maximum Gasteiger partial charge on any atom is 0.335 e. The van der Waals surface area contributed by atoms with Crippen molar-refractivity contribution in [3.63, 3.8) is 0 Å². The number of hydrogen-bond acceptors (Lipinski definition) is 3. The molecule has 0 unspecified atom stereocenters. The van der Waals surface area contributed by atoms with E-state index in [-0.39, 0.29) is 17.8 Å². The second-order valence-corrected chi connectivity index (χ2v) is 9.36. The molecule has 0 radical (unpaired) electrons. The molecule has 6 nitrogen and oxygen atoms in total. The first kappa shape index (κ1) is 22.4. The molecule has 2 heterocycles. The number of nitrogens with zero attached hydrogens (tertiary/aromatic N) is 3. The molecule has 0 atom stereocenters. The number of carboxylic acids is 1. The van der Waals surface area contributed by atoms with Gasteiger partial charge in [0.05, 0.1) is 28.9 Å². The number of fused-ring (bicyclic) bond motifs is 2. The van der Waals surface area contributed by atoms with Gasteiger partial charge in [-0.1, -0.05) is 38.1 Å². The summed E-state index contributed by atoms with van der Waals surface area (Å²) in [6, 6.07) is 19.7. The summed E-state index contributed by atoms with van der Waals surface area (Å²) < 4.78 is 15.8. The van der Waals surface area contributed by atoms with Crippen molar-refractivity contribution in [3.8, 4) is 17.2 Å². The first-order valence-corrected chi connectivity index (χ1v) is 11.2. The van der Waals surface area contributed by atoms with E-state index in [1.54, 1.807) is 30.5 Å². The number of hydrogen-bond donors (Lipinski definition) is 2. The van der Waals surface area contributed by atoms with Crippen LogP contribution in [0.25, 0.3) is 32.9 Å². The van der Waals surface area contributed by atoms with E-state index in [0.717, 1.165) is 44.2 Å². The molecule has 174 valence electrons.